The van der Waals surface area contributed by atoms with Gasteiger partial charge in [-0.15, -0.1) is 0 Å². The highest BCUT2D eigenvalue weighted by Crippen LogP contribution is 2.31. The largest absolute Gasteiger partial charge is 0.497 e. The third kappa shape index (κ3) is 17.4. The van der Waals surface area contributed by atoms with Crippen molar-refractivity contribution >= 4 is 151 Å². The zero-order chi connectivity index (χ0) is 62.7. The lowest BCUT2D eigenvalue weighted by atomic mass is 10.0. The summed E-state index contributed by atoms with van der Waals surface area (Å²) in [4.78, 5) is 67.1. The Labute approximate surface area is 528 Å². The van der Waals surface area contributed by atoms with Crippen LogP contribution in [0.2, 0.25) is 0 Å². The van der Waals surface area contributed by atoms with Crippen LogP contribution in [0.25, 0.3) is 46.2 Å². The van der Waals surface area contributed by atoms with Gasteiger partial charge in [0.1, 0.15) is 16.9 Å². The first-order valence-corrected chi connectivity index (χ1v) is 29.9. The molecule has 1 aromatic heterocycles. The Balaban J connectivity index is 0.000000166. The van der Waals surface area contributed by atoms with Crippen LogP contribution in [0.5, 0.6) is 5.75 Å². The topological polar surface area (TPSA) is 170 Å². The van der Waals surface area contributed by atoms with Crippen molar-refractivity contribution in [1.29, 1.82) is 0 Å². The average Bonchev–Trinajstić information content (AvgIpc) is 1.99. The fourth-order valence-corrected chi connectivity index (χ4v) is 10.00. The van der Waals surface area contributed by atoms with Gasteiger partial charge >= 0.3 is 5.91 Å². The number of hydrogen-bond donors (Lipinski definition) is 0. The van der Waals surface area contributed by atoms with Crippen LogP contribution in [0.3, 0.4) is 0 Å². The van der Waals surface area contributed by atoms with Crippen LogP contribution >= 0.6 is 48.9 Å². The highest BCUT2D eigenvalue weighted by atomic mass is 32.1. The second kappa shape index (κ2) is 31.8. The number of thiocarbonyl (C=S) groups is 4. The van der Waals surface area contributed by atoms with Gasteiger partial charge in [-0.3, -0.25) is 38.7 Å². The smallest absolute Gasteiger partial charge is 0.303 e. The third-order valence-corrected chi connectivity index (χ3v) is 15.0. The SMILES string of the molecule is CCCCCCCN1C(=O)/C(=C\c2ccc(N(C)C)cc2)OC1=S.CCCCc1ccccc1/C=C1/OC(=S)N(CCOC)C1=O.CN1C(=O)/C(=C\c2ccc3oc4ccccc4c3c2)OC1=S.COc1ccc(/C=C2/OC(=S)N(C(C)=O)C2=O)cc1. The van der Waals surface area contributed by atoms with E-state index in [4.69, 9.17) is 81.7 Å². The van der Waals surface area contributed by atoms with Crippen LogP contribution in [-0.4, -0.2) is 125 Å². The molecule has 5 heterocycles. The van der Waals surface area contributed by atoms with E-state index in [1.165, 1.54) is 47.6 Å². The summed E-state index contributed by atoms with van der Waals surface area (Å²) in [5, 5.41) is 2.55. The molecular formula is C66H69N5O12S4. The monoisotopic (exact) mass is 1250 g/mol. The number of benzene rings is 5. The van der Waals surface area contributed by atoms with Gasteiger partial charge in [0.2, 0.25) is 5.91 Å². The number of hydrogen-bond acceptors (Lipinski definition) is 17. The Bertz CT molecular complexity index is 3680. The van der Waals surface area contributed by atoms with Gasteiger partial charge in [0.15, 0.2) is 23.0 Å². The number of amides is 5. The molecule has 454 valence electrons. The van der Waals surface area contributed by atoms with Gasteiger partial charge in [-0.25, -0.2) is 4.90 Å². The van der Waals surface area contributed by atoms with Crippen LogP contribution < -0.4 is 9.64 Å². The second-order valence-electron chi connectivity index (χ2n) is 20.3. The molecule has 4 aliphatic heterocycles. The number of ether oxygens (including phenoxy) is 6. The van der Waals surface area contributed by atoms with Crippen molar-refractivity contribution in [1.82, 2.24) is 19.6 Å². The molecule has 0 bridgehead atoms. The summed E-state index contributed by atoms with van der Waals surface area (Å²) >= 11 is 20.1. The van der Waals surface area contributed by atoms with E-state index in [9.17, 15) is 24.0 Å². The van der Waals surface area contributed by atoms with Gasteiger partial charge in [0.05, 0.1) is 20.3 Å². The fraction of sp³-hybridized carbons (Fsp3) is 0.288. The van der Waals surface area contributed by atoms with E-state index in [0.29, 0.717) is 31.2 Å². The first kappa shape index (κ1) is 66.1. The zero-order valence-electron chi connectivity index (χ0n) is 49.8. The molecule has 0 spiro atoms. The molecular weight excluding hydrogens is 1180 g/mol. The summed E-state index contributed by atoms with van der Waals surface area (Å²) in [5.41, 5.74) is 7.53. The Kier molecular flexibility index (Phi) is 24.1. The number of nitrogens with zero attached hydrogens (tertiary/aromatic N) is 5. The van der Waals surface area contributed by atoms with Gasteiger partial charge in [-0.1, -0.05) is 119 Å². The van der Waals surface area contributed by atoms with Gasteiger partial charge < -0.3 is 37.7 Å². The molecule has 4 fully saturated rings. The van der Waals surface area contributed by atoms with Crippen LogP contribution in [0.4, 0.5) is 5.69 Å². The number of likely N-dealkylation sites (N-methyl/N-ethyl adjacent to an activating group) is 1. The molecule has 21 heteroatoms. The molecule has 4 saturated heterocycles. The number of unbranched alkanes of at least 4 members (excludes halogenated alkanes) is 5. The first-order valence-electron chi connectivity index (χ1n) is 28.3. The highest BCUT2D eigenvalue weighted by Gasteiger charge is 2.37. The Morgan fingerprint density at radius 2 is 1.08 bits per heavy atom. The maximum absolute atomic E-state index is 12.5. The van der Waals surface area contributed by atoms with Crippen molar-refractivity contribution in [2.75, 3.05) is 60.0 Å². The highest BCUT2D eigenvalue weighted by molar-refractivity contribution is 7.80. The molecule has 4 aliphatic rings. The zero-order valence-corrected chi connectivity index (χ0v) is 53.1. The Morgan fingerprint density at radius 3 is 1.68 bits per heavy atom. The van der Waals surface area contributed by atoms with Crippen molar-refractivity contribution in [2.24, 2.45) is 0 Å². The molecule has 0 aliphatic carbocycles. The Hall–Kier alpha value is -8.47. The summed E-state index contributed by atoms with van der Waals surface area (Å²) in [6, 6.07) is 36.7. The molecule has 6 aromatic rings. The van der Waals surface area contributed by atoms with Gasteiger partial charge in [-0.05, 0) is 163 Å². The minimum atomic E-state index is -0.548. The molecule has 10 rings (SSSR count). The average molecular weight is 1250 g/mol. The number of para-hydroxylation sites is 1. The van der Waals surface area contributed by atoms with Gasteiger partial charge in [-0.2, -0.15) is 0 Å². The standard InChI is InChI=1S/C19H26N2O2S.C17H11NO3S.C17H21NO3S.C13H11NO4S/c1-4-5-6-7-8-13-21-18(22)17(23-19(21)24)14-15-9-11-16(12-10-15)20(2)3;1-18-16(19)15(21-17(18)22)9-10-6-7-14-12(8-10)11-4-2-3-5-13(11)20-14;1-3-4-7-13-8-5-6-9-14(13)12-15-16(19)18(10-11-20-2)17(22)21-15;1-8(15)14-12(16)11(18-13(14)19)7-9-3-5-10(17-2)6-4-9/h9-12,14H,4-8,13H2,1-3H3;2-9H,1H3;5-6,8-9,12H,3-4,7,10-11H2,1-2H3;3-7H,1-2H3/b17-14+;15-9+;15-12+;11-7+. The number of aryl methyl sites for hydroxylation is 1. The molecule has 0 saturated carbocycles. The molecule has 0 unspecified atom stereocenters. The molecule has 17 nitrogen and oxygen atoms in total. The normalized spacial score (nSPS) is 16.5. The predicted octanol–water partition coefficient (Wildman–Crippen LogP) is 12.8. The van der Waals surface area contributed by atoms with Gasteiger partial charge in [0.25, 0.3) is 38.4 Å². The van der Waals surface area contributed by atoms with E-state index < -0.39 is 11.8 Å². The van der Waals surface area contributed by atoms with E-state index in [1.54, 1.807) is 68.7 Å². The fourth-order valence-electron chi connectivity index (χ4n) is 8.99. The van der Waals surface area contributed by atoms with Gasteiger partial charge in [0, 0.05) is 58.2 Å². The van der Waals surface area contributed by atoms with E-state index in [1.807, 2.05) is 104 Å². The van der Waals surface area contributed by atoms with Crippen LogP contribution in [0, 0.1) is 0 Å². The summed E-state index contributed by atoms with van der Waals surface area (Å²) in [7, 11) is 8.74. The number of fused-ring (bicyclic) bond motifs is 3. The number of methoxy groups -OCH3 is 2. The predicted molar refractivity (Wildman–Crippen MR) is 354 cm³/mol. The number of imide groups is 1. The number of carbonyl (C=O) groups is 5. The maximum atomic E-state index is 12.5. The van der Waals surface area contributed by atoms with Crippen molar-refractivity contribution < 1.29 is 56.8 Å². The van der Waals surface area contributed by atoms with E-state index >= 15 is 0 Å². The molecule has 87 heavy (non-hydrogen) atoms. The van der Waals surface area contributed by atoms with Crippen molar-refractivity contribution in [3.05, 3.63) is 166 Å². The Morgan fingerprint density at radius 1 is 0.552 bits per heavy atom. The number of rotatable bonds is 18. The molecule has 5 aromatic carbocycles. The van der Waals surface area contributed by atoms with Crippen molar-refractivity contribution in [3.63, 3.8) is 0 Å². The molecule has 5 amide bonds. The third-order valence-electron chi connectivity index (χ3n) is 13.8. The summed E-state index contributed by atoms with van der Waals surface area (Å²) in [5.74, 6) is -0.00829. The number of anilines is 1. The quantitative estimate of drug-likeness (QED) is 0.0452. The number of carbonyl (C=O) groups excluding carboxylic acids is 5. The first-order chi connectivity index (χ1) is 41.8. The lowest BCUT2D eigenvalue weighted by Gasteiger charge is -2.12. The summed E-state index contributed by atoms with van der Waals surface area (Å²) < 4.78 is 37.2. The van der Waals surface area contributed by atoms with Crippen molar-refractivity contribution in [2.45, 2.75) is 72.1 Å². The lowest BCUT2D eigenvalue weighted by Crippen LogP contribution is -2.32. The van der Waals surface area contributed by atoms with Crippen LogP contribution in [0.1, 0.15) is 93.5 Å². The van der Waals surface area contributed by atoms with E-state index in [-0.39, 0.29) is 55.7 Å². The van der Waals surface area contributed by atoms with Crippen LogP contribution in [-0.2, 0) is 54.1 Å². The minimum Gasteiger partial charge on any atom is -0.497 e. The second-order valence-corrected chi connectivity index (χ2v) is 21.7. The van der Waals surface area contributed by atoms with E-state index in [0.717, 1.165) is 86.9 Å². The van der Waals surface area contributed by atoms with Crippen LogP contribution in [0.15, 0.2) is 143 Å². The van der Waals surface area contributed by atoms with E-state index in [2.05, 4.69) is 19.9 Å². The summed E-state index contributed by atoms with van der Waals surface area (Å²) in [6.45, 7) is 7.08. The molecule has 0 radical (unpaired) electrons. The minimum absolute atomic E-state index is 0.0327. The molecule has 0 N–H and O–H groups in total. The van der Waals surface area contributed by atoms with Crippen molar-refractivity contribution in [3.8, 4) is 5.75 Å². The molecule has 0 atom stereocenters. The summed E-state index contributed by atoms with van der Waals surface area (Å²) in [6.07, 6.45) is 15.7. The lowest BCUT2D eigenvalue weighted by molar-refractivity contribution is -0.135. The number of furan rings is 1. The maximum Gasteiger partial charge on any atom is 0.303 e.